The third kappa shape index (κ3) is 6.91. The zero-order chi connectivity index (χ0) is 26.1. The highest BCUT2D eigenvalue weighted by atomic mass is 79.9. The Labute approximate surface area is 218 Å². The van der Waals surface area contributed by atoms with Crippen LogP contribution in [-0.2, 0) is 17.8 Å². The maximum Gasteiger partial charge on any atom is 0.339 e. The lowest BCUT2D eigenvalue weighted by Crippen LogP contribution is -2.36. The van der Waals surface area contributed by atoms with Gasteiger partial charge in [0.15, 0.2) is 29.6 Å². The van der Waals surface area contributed by atoms with E-state index in [-0.39, 0.29) is 29.6 Å². The van der Waals surface area contributed by atoms with Crippen molar-refractivity contribution < 1.29 is 33.6 Å². The number of ether oxygens (including phenoxy) is 4. The van der Waals surface area contributed by atoms with Crippen molar-refractivity contribution in [2.45, 2.75) is 13.0 Å². The SMILES string of the molecule is COc1ccc(CCN(Cc2ccccc2)C(=O)COc2c(OC)cc(Br)cc2C(=O)O)cc1OC. The Morgan fingerprint density at radius 2 is 1.56 bits per heavy atom. The number of rotatable bonds is 12. The average molecular weight is 558 g/mol. The number of methoxy groups -OCH3 is 3. The van der Waals surface area contributed by atoms with Gasteiger partial charge in [0.25, 0.3) is 5.91 Å². The zero-order valence-corrected chi connectivity index (χ0v) is 21.9. The molecule has 3 rings (SSSR count). The highest BCUT2D eigenvalue weighted by Gasteiger charge is 2.21. The molecule has 0 saturated heterocycles. The molecule has 0 aliphatic carbocycles. The monoisotopic (exact) mass is 557 g/mol. The summed E-state index contributed by atoms with van der Waals surface area (Å²) in [5, 5.41) is 9.60. The molecule has 9 heteroatoms. The number of carbonyl (C=O) groups excluding carboxylic acids is 1. The van der Waals surface area contributed by atoms with E-state index in [1.54, 1.807) is 25.2 Å². The molecule has 0 aromatic heterocycles. The number of carbonyl (C=O) groups is 2. The lowest BCUT2D eigenvalue weighted by Gasteiger charge is -2.24. The van der Waals surface area contributed by atoms with E-state index in [0.29, 0.717) is 35.5 Å². The number of halogens is 1. The van der Waals surface area contributed by atoms with Crippen LogP contribution in [0.2, 0.25) is 0 Å². The van der Waals surface area contributed by atoms with E-state index in [1.807, 2.05) is 48.5 Å². The van der Waals surface area contributed by atoms with Gasteiger partial charge in [-0.15, -0.1) is 0 Å². The van der Waals surface area contributed by atoms with Crippen LogP contribution >= 0.6 is 15.9 Å². The van der Waals surface area contributed by atoms with Crippen LogP contribution in [0.5, 0.6) is 23.0 Å². The first-order valence-corrected chi connectivity index (χ1v) is 11.9. The first kappa shape index (κ1) is 26.9. The van der Waals surface area contributed by atoms with Crippen molar-refractivity contribution >= 4 is 27.8 Å². The molecule has 0 atom stereocenters. The fraction of sp³-hybridized carbons (Fsp3) is 0.259. The van der Waals surface area contributed by atoms with Gasteiger partial charge in [-0.2, -0.15) is 0 Å². The van der Waals surface area contributed by atoms with Crippen molar-refractivity contribution in [2.75, 3.05) is 34.5 Å². The van der Waals surface area contributed by atoms with Crippen molar-refractivity contribution in [3.05, 3.63) is 81.8 Å². The predicted molar refractivity (Wildman–Crippen MR) is 138 cm³/mol. The van der Waals surface area contributed by atoms with Crippen molar-refractivity contribution in [2.24, 2.45) is 0 Å². The molecule has 3 aromatic carbocycles. The van der Waals surface area contributed by atoms with Gasteiger partial charge in [0.2, 0.25) is 0 Å². The lowest BCUT2D eigenvalue weighted by atomic mass is 10.1. The van der Waals surface area contributed by atoms with E-state index in [1.165, 1.54) is 13.2 Å². The van der Waals surface area contributed by atoms with Crippen molar-refractivity contribution in [1.29, 1.82) is 0 Å². The molecular formula is C27H28BrNO7. The normalized spacial score (nSPS) is 10.4. The molecule has 0 radical (unpaired) electrons. The van der Waals surface area contributed by atoms with Crippen LogP contribution in [0.4, 0.5) is 0 Å². The van der Waals surface area contributed by atoms with E-state index in [9.17, 15) is 14.7 Å². The number of carboxylic acid groups (broad SMARTS) is 1. The van der Waals surface area contributed by atoms with Crippen molar-refractivity contribution in [1.82, 2.24) is 4.90 Å². The number of amides is 1. The molecule has 0 fully saturated rings. The minimum Gasteiger partial charge on any atom is -0.493 e. The molecular weight excluding hydrogens is 530 g/mol. The summed E-state index contributed by atoms with van der Waals surface area (Å²) in [5.41, 5.74) is 1.83. The summed E-state index contributed by atoms with van der Waals surface area (Å²) < 4.78 is 22.2. The van der Waals surface area contributed by atoms with Gasteiger partial charge in [-0.3, -0.25) is 4.79 Å². The first-order valence-electron chi connectivity index (χ1n) is 11.1. The maximum atomic E-state index is 13.3. The molecule has 3 aromatic rings. The Balaban J connectivity index is 1.79. The van der Waals surface area contributed by atoms with E-state index in [4.69, 9.17) is 18.9 Å². The standard InChI is InChI=1S/C27H28BrNO7/c1-33-22-10-9-18(13-23(22)34-2)11-12-29(16-19-7-5-4-6-8-19)25(30)17-36-26-21(27(31)32)14-20(28)15-24(26)35-3/h4-10,13-15H,11-12,16-17H2,1-3H3,(H,31,32). The minimum absolute atomic E-state index is 0.00102. The van der Waals surface area contributed by atoms with Gasteiger partial charge in [0.1, 0.15) is 5.56 Å². The number of nitrogens with zero attached hydrogens (tertiary/aromatic N) is 1. The fourth-order valence-corrected chi connectivity index (χ4v) is 4.09. The third-order valence-electron chi connectivity index (χ3n) is 5.50. The Kier molecular flexibility index (Phi) is 9.58. The van der Waals surface area contributed by atoms with Gasteiger partial charge in [-0.05, 0) is 41.8 Å². The van der Waals surface area contributed by atoms with Crippen LogP contribution in [0.3, 0.4) is 0 Å². The molecule has 8 nitrogen and oxygen atoms in total. The van der Waals surface area contributed by atoms with E-state index < -0.39 is 5.97 Å². The Bertz CT molecular complexity index is 1200. The molecule has 1 N–H and O–H groups in total. The van der Waals surface area contributed by atoms with Crippen LogP contribution in [-0.4, -0.2) is 56.4 Å². The number of hydrogen-bond donors (Lipinski definition) is 1. The van der Waals surface area contributed by atoms with E-state index in [0.717, 1.165) is 11.1 Å². The third-order valence-corrected chi connectivity index (χ3v) is 5.96. The van der Waals surface area contributed by atoms with Gasteiger partial charge in [-0.25, -0.2) is 4.79 Å². The molecule has 36 heavy (non-hydrogen) atoms. The van der Waals surface area contributed by atoms with Crippen LogP contribution < -0.4 is 18.9 Å². The summed E-state index contributed by atoms with van der Waals surface area (Å²) in [6.07, 6.45) is 0.570. The number of hydrogen-bond acceptors (Lipinski definition) is 6. The zero-order valence-electron chi connectivity index (χ0n) is 20.3. The van der Waals surface area contributed by atoms with Crippen molar-refractivity contribution in [3.8, 4) is 23.0 Å². The van der Waals surface area contributed by atoms with Gasteiger partial charge in [0.05, 0.1) is 21.3 Å². The fourth-order valence-electron chi connectivity index (χ4n) is 3.65. The van der Waals surface area contributed by atoms with Gasteiger partial charge < -0.3 is 29.0 Å². The van der Waals surface area contributed by atoms with Gasteiger partial charge in [-0.1, -0.05) is 52.3 Å². The summed E-state index contributed by atoms with van der Waals surface area (Å²) >= 11 is 3.27. The molecule has 0 bridgehead atoms. The highest BCUT2D eigenvalue weighted by molar-refractivity contribution is 9.10. The Hall–Kier alpha value is -3.72. The van der Waals surface area contributed by atoms with Crippen LogP contribution in [0.25, 0.3) is 0 Å². The molecule has 0 aliphatic rings. The van der Waals surface area contributed by atoms with Gasteiger partial charge in [0, 0.05) is 17.6 Å². The minimum atomic E-state index is -1.19. The predicted octanol–water partition coefficient (Wildman–Crippen LogP) is 4.82. The van der Waals surface area contributed by atoms with E-state index in [2.05, 4.69) is 15.9 Å². The summed E-state index contributed by atoms with van der Waals surface area (Å²) in [5.74, 6) is -0.0183. The molecule has 0 unspecified atom stereocenters. The maximum absolute atomic E-state index is 13.3. The second kappa shape index (κ2) is 12.8. The topological polar surface area (TPSA) is 94.5 Å². The molecule has 0 aliphatic heterocycles. The molecule has 0 spiro atoms. The first-order chi connectivity index (χ1) is 17.4. The largest absolute Gasteiger partial charge is 0.493 e. The smallest absolute Gasteiger partial charge is 0.339 e. The quantitative estimate of drug-likeness (QED) is 0.341. The van der Waals surface area contributed by atoms with Crippen LogP contribution in [0, 0.1) is 0 Å². The molecule has 0 saturated carbocycles. The second-order valence-corrected chi connectivity index (χ2v) is 8.73. The molecule has 1 amide bonds. The molecule has 190 valence electrons. The second-order valence-electron chi connectivity index (χ2n) is 7.82. The van der Waals surface area contributed by atoms with Crippen molar-refractivity contribution in [3.63, 3.8) is 0 Å². The van der Waals surface area contributed by atoms with Gasteiger partial charge >= 0.3 is 5.97 Å². The highest BCUT2D eigenvalue weighted by Crippen LogP contribution is 2.35. The Morgan fingerprint density at radius 3 is 2.19 bits per heavy atom. The summed E-state index contributed by atoms with van der Waals surface area (Å²) in [4.78, 5) is 26.7. The average Bonchev–Trinajstić information content (AvgIpc) is 2.89. The van der Waals surface area contributed by atoms with Crippen LogP contribution in [0.1, 0.15) is 21.5 Å². The van der Waals surface area contributed by atoms with Crippen LogP contribution in [0.15, 0.2) is 65.1 Å². The number of benzene rings is 3. The summed E-state index contributed by atoms with van der Waals surface area (Å²) in [7, 11) is 4.56. The summed E-state index contributed by atoms with van der Waals surface area (Å²) in [6.45, 7) is 0.437. The number of aromatic carboxylic acids is 1. The lowest BCUT2D eigenvalue weighted by molar-refractivity contribution is -0.134. The molecule has 0 heterocycles. The van der Waals surface area contributed by atoms with E-state index >= 15 is 0 Å². The number of carboxylic acids is 1. The summed E-state index contributed by atoms with van der Waals surface area (Å²) in [6, 6.07) is 18.2. The Morgan fingerprint density at radius 1 is 0.861 bits per heavy atom.